The SMILES string of the molecule is Cl/C=C/CN1CCC(c2c[nH]c3ccccc23)CC1. The molecule has 0 amide bonds. The summed E-state index contributed by atoms with van der Waals surface area (Å²) in [5.74, 6) is 0.687. The van der Waals surface area contributed by atoms with Crippen LogP contribution in [-0.2, 0) is 0 Å². The van der Waals surface area contributed by atoms with Gasteiger partial charge >= 0.3 is 0 Å². The maximum Gasteiger partial charge on any atom is 0.0456 e. The second kappa shape index (κ2) is 5.81. The van der Waals surface area contributed by atoms with E-state index in [1.54, 1.807) is 5.54 Å². The van der Waals surface area contributed by atoms with Crippen LogP contribution in [0, 0.1) is 0 Å². The van der Waals surface area contributed by atoms with Gasteiger partial charge in [-0.3, -0.25) is 4.90 Å². The molecule has 1 aromatic carbocycles. The van der Waals surface area contributed by atoms with Crippen LogP contribution in [-0.4, -0.2) is 29.5 Å². The minimum atomic E-state index is 0.687. The normalized spacial score (nSPS) is 18.6. The zero-order chi connectivity index (χ0) is 13.1. The molecule has 0 atom stereocenters. The molecule has 1 aliphatic heterocycles. The van der Waals surface area contributed by atoms with Crippen molar-refractivity contribution in [3.8, 4) is 0 Å². The minimum Gasteiger partial charge on any atom is -0.361 e. The van der Waals surface area contributed by atoms with Crippen LogP contribution in [0.25, 0.3) is 10.9 Å². The Hall–Kier alpha value is -1.25. The number of nitrogens with zero attached hydrogens (tertiary/aromatic N) is 1. The highest BCUT2D eigenvalue weighted by molar-refractivity contribution is 6.25. The number of rotatable bonds is 3. The van der Waals surface area contributed by atoms with Gasteiger partial charge in [0.25, 0.3) is 0 Å². The predicted molar refractivity (Wildman–Crippen MR) is 81.7 cm³/mol. The van der Waals surface area contributed by atoms with E-state index in [4.69, 9.17) is 11.6 Å². The molecule has 1 N–H and O–H groups in total. The molecule has 0 aliphatic carbocycles. The number of likely N-dealkylation sites (tertiary alicyclic amines) is 1. The van der Waals surface area contributed by atoms with Crippen molar-refractivity contribution in [1.29, 1.82) is 0 Å². The Balaban J connectivity index is 1.71. The Kier molecular flexibility index (Phi) is 3.90. The van der Waals surface area contributed by atoms with E-state index >= 15 is 0 Å². The molecule has 0 saturated carbocycles. The summed E-state index contributed by atoms with van der Waals surface area (Å²) in [6.45, 7) is 3.29. The van der Waals surface area contributed by atoms with Crippen molar-refractivity contribution >= 4 is 22.5 Å². The lowest BCUT2D eigenvalue weighted by Gasteiger charge is -2.31. The number of fused-ring (bicyclic) bond motifs is 1. The first kappa shape index (κ1) is 12.8. The second-order valence-corrected chi connectivity index (χ2v) is 5.48. The van der Waals surface area contributed by atoms with Crippen LogP contribution in [0.1, 0.15) is 24.3 Å². The molecule has 0 unspecified atom stereocenters. The molecule has 1 aromatic heterocycles. The number of H-pyrrole nitrogens is 1. The van der Waals surface area contributed by atoms with Gasteiger partial charge in [-0.05, 0) is 43.5 Å². The fourth-order valence-electron chi connectivity index (χ4n) is 3.05. The van der Waals surface area contributed by atoms with Gasteiger partial charge in [0.1, 0.15) is 0 Å². The number of hydrogen-bond acceptors (Lipinski definition) is 1. The van der Waals surface area contributed by atoms with E-state index in [0.717, 1.165) is 19.6 Å². The topological polar surface area (TPSA) is 19.0 Å². The second-order valence-electron chi connectivity index (χ2n) is 5.23. The summed E-state index contributed by atoms with van der Waals surface area (Å²) >= 11 is 5.58. The van der Waals surface area contributed by atoms with E-state index < -0.39 is 0 Å². The van der Waals surface area contributed by atoms with E-state index in [9.17, 15) is 0 Å². The van der Waals surface area contributed by atoms with Gasteiger partial charge in [0, 0.05) is 29.2 Å². The van der Waals surface area contributed by atoms with Crippen LogP contribution in [0.2, 0.25) is 0 Å². The molecule has 0 bridgehead atoms. The van der Waals surface area contributed by atoms with Gasteiger partial charge in [0.05, 0.1) is 0 Å². The van der Waals surface area contributed by atoms with E-state index in [1.165, 1.54) is 29.3 Å². The number of halogens is 1. The molecule has 0 radical (unpaired) electrons. The molecule has 3 heteroatoms. The molecular formula is C16H19ClN2. The largest absolute Gasteiger partial charge is 0.361 e. The minimum absolute atomic E-state index is 0.687. The van der Waals surface area contributed by atoms with Crippen molar-refractivity contribution in [3.05, 3.63) is 47.6 Å². The number of para-hydroxylation sites is 1. The van der Waals surface area contributed by atoms with Crippen LogP contribution < -0.4 is 0 Å². The standard InChI is InChI=1S/C16H19ClN2/c17-8-3-9-19-10-6-13(7-11-19)15-12-18-16-5-2-1-4-14(15)16/h1-5,8,12-13,18H,6-7,9-11H2/b8-3+. The molecule has 2 nitrogen and oxygen atoms in total. The summed E-state index contributed by atoms with van der Waals surface area (Å²) in [7, 11) is 0. The Labute approximate surface area is 119 Å². The van der Waals surface area contributed by atoms with E-state index in [1.807, 2.05) is 6.08 Å². The third kappa shape index (κ3) is 2.70. The Morgan fingerprint density at radius 3 is 2.84 bits per heavy atom. The molecular weight excluding hydrogens is 256 g/mol. The summed E-state index contributed by atoms with van der Waals surface area (Å²) in [5, 5.41) is 1.39. The van der Waals surface area contributed by atoms with Crippen LogP contribution >= 0.6 is 11.6 Å². The summed E-state index contributed by atoms with van der Waals surface area (Å²) in [6.07, 6.45) is 6.69. The molecule has 19 heavy (non-hydrogen) atoms. The fourth-order valence-corrected chi connectivity index (χ4v) is 3.13. The van der Waals surface area contributed by atoms with E-state index in [0.29, 0.717) is 5.92 Å². The molecule has 3 rings (SSSR count). The lowest BCUT2D eigenvalue weighted by Crippen LogP contribution is -2.32. The van der Waals surface area contributed by atoms with E-state index in [-0.39, 0.29) is 0 Å². The van der Waals surface area contributed by atoms with Crippen LogP contribution in [0.3, 0.4) is 0 Å². The molecule has 2 aromatic rings. The first-order valence-electron chi connectivity index (χ1n) is 6.92. The van der Waals surface area contributed by atoms with Crippen molar-refractivity contribution in [2.75, 3.05) is 19.6 Å². The van der Waals surface area contributed by atoms with Crippen LogP contribution in [0.15, 0.2) is 42.1 Å². The van der Waals surface area contributed by atoms with Gasteiger partial charge in [-0.15, -0.1) is 0 Å². The number of nitrogens with one attached hydrogen (secondary N) is 1. The summed E-state index contributed by atoms with van der Waals surface area (Å²) in [5.41, 5.74) is 4.36. The monoisotopic (exact) mass is 274 g/mol. The van der Waals surface area contributed by atoms with Gasteiger partial charge in [0.2, 0.25) is 0 Å². The fraction of sp³-hybridized carbons (Fsp3) is 0.375. The van der Waals surface area contributed by atoms with E-state index in [2.05, 4.69) is 40.3 Å². The van der Waals surface area contributed by atoms with Gasteiger partial charge in [0.15, 0.2) is 0 Å². The average Bonchev–Trinajstić information content (AvgIpc) is 2.90. The Bertz CT molecular complexity index is 565. The van der Waals surface area contributed by atoms with Crippen molar-refractivity contribution in [1.82, 2.24) is 9.88 Å². The Morgan fingerprint density at radius 2 is 2.05 bits per heavy atom. The predicted octanol–water partition coefficient (Wildman–Crippen LogP) is 4.10. The lowest BCUT2D eigenvalue weighted by molar-refractivity contribution is 0.233. The van der Waals surface area contributed by atoms with Crippen LogP contribution in [0.5, 0.6) is 0 Å². The maximum atomic E-state index is 5.58. The zero-order valence-corrected chi connectivity index (χ0v) is 11.7. The highest BCUT2D eigenvalue weighted by Gasteiger charge is 2.21. The van der Waals surface area contributed by atoms with Crippen molar-refractivity contribution in [2.24, 2.45) is 0 Å². The third-order valence-corrected chi connectivity index (χ3v) is 4.28. The summed E-state index contributed by atoms with van der Waals surface area (Å²) in [4.78, 5) is 5.85. The number of benzene rings is 1. The van der Waals surface area contributed by atoms with Crippen molar-refractivity contribution in [3.63, 3.8) is 0 Å². The zero-order valence-electron chi connectivity index (χ0n) is 11.0. The van der Waals surface area contributed by atoms with Gasteiger partial charge in [-0.25, -0.2) is 0 Å². The summed E-state index contributed by atoms with van der Waals surface area (Å²) < 4.78 is 0. The van der Waals surface area contributed by atoms with Gasteiger partial charge < -0.3 is 4.98 Å². The number of aromatic amines is 1. The number of aromatic nitrogens is 1. The molecule has 1 fully saturated rings. The first-order chi connectivity index (χ1) is 9.38. The average molecular weight is 275 g/mol. The summed E-state index contributed by atoms with van der Waals surface area (Å²) in [6, 6.07) is 8.59. The third-order valence-electron chi connectivity index (χ3n) is 4.10. The number of piperidine rings is 1. The number of hydrogen-bond donors (Lipinski definition) is 1. The Morgan fingerprint density at radius 1 is 1.26 bits per heavy atom. The van der Waals surface area contributed by atoms with Gasteiger partial charge in [-0.2, -0.15) is 0 Å². The van der Waals surface area contributed by atoms with Gasteiger partial charge in [-0.1, -0.05) is 35.9 Å². The van der Waals surface area contributed by atoms with Crippen molar-refractivity contribution in [2.45, 2.75) is 18.8 Å². The molecule has 1 aliphatic rings. The highest BCUT2D eigenvalue weighted by Crippen LogP contribution is 2.32. The first-order valence-corrected chi connectivity index (χ1v) is 7.35. The maximum absolute atomic E-state index is 5.58. The molecule has 100 valence electrons. The smallest absolute Gasteiger partial charge is 0.0456 e. The molecule has 1 saturated heterocycles. The molecule has 0 spiro atoms. The highest BCUT2D eigenvalue weighted by atomic mass is 35.5. The lowest BCUT2D eigenvalue weighted by atomic mass is 9.89. The van der Waals surface area contributed by atoms with Crippen molar-refractivity contribution < 1.29 is 0 Å². The quantitative estimate of drug-likeness (QED) is 0.893. The molecule has 2 heterocycles. The van der Waals surface area contributed by atoms with Crippen LogP contribution in [0.4, 0.5) is 0 Å².